The van der Waals surface area contributed by atoms with Crippen LogP contribution in [0, 0.1) is 22.9 Å². The van der Waals surface area contributed by atoms with Gasteiger partial charge < -0.3 is 5.11 Å². The predicted molar refractivity (Wildman–Crippen MR) is 74.9 cm³/mol. The second kappa shape index (κ2) is 5.58. The van der Waals surface area contributed by atoms with Crippen molar-refractivity contribution in [3.8, 4) is 11.1 Å². The van der Waals surface area contributed by atoms with Gasteiger partial charge in [-0.25, -0.2) is 9.18 Å². The zero-order valence-electron chi connectivity index (χ0n) is 11.0. The zero-order chi connectivity index (χ0) is 15.6. The summed E-state index contributed by atoms with van der Waals surface area (Å²) in [6, 6.07) is 8.17. The highest BCUT2D eigenvalue weighted by Crippen LogP contribution is 2.33. The van der Waals surface area contributed by atoms with Crippen LogP contribution < -0.4 is 5.32 Å². The van der Waals surface area contributed by atoms with Crippen molar-refractivity contribution < 1.29 is 19.2 Å². The lowest BCUT2D eigenvalue weighted by Gasteiger charge is -2.10. The molecule has 2 aromatic carbocycles. The fourth-order valence-electron chi connectivity index (χ4n) is 2.00. The smallest absolute Gasteiger partial charge is 0.409 e. The van der Waals surface area contributed by atoms with Gasteiger partial charge in [0.1, 0.15) is 11.5 Å². The lowest BCUT2D eigenvalue weighted by Crippen LogP contribution is -2.09. The lowest BCUT2D eigenvalue weighted by molar-refractivity contribution is -0.383. The Kier molecular flexibility index (Phi) is 3.84. The fraction of sp³-hybridized carbons (Fsp3) is 0.0714. The van der Waals surface area contributed by atoms with Crippen LogP contribution in [0.5, 0.6) is 0 Å². The number of nitrogens with zero attached hydrogens (tertiary/aromatic N) is 1. The van der Waals surface area contributed by atoms with E-state index >= 15 is 0 Å². The topological polar surface area (TPSA) is 92.5 Å². The summed E-state index contributed by atoms with van der Waals surface area (Å²) < 4.78 is 12.9. The van der Waals surface area contributed by atoms with Crippen molar-refractivity contribution in [1.29, 1.82) is 0 Å². The summed E-state index contributed by atoms with van der Waals surface area (Å²) in [5.74, 6) is -0.407. The van der Waals surface area contributed by atoms with Crippen molar-refractivity contribution in [1.82, 2.24) is 0 Å². The Morgan fingerprint density at radius 1 is 1.29 bits per heavy atom. The fourth-order valence-corrected chi connectivity index (χ4v) is 2.00. The molecule has 0 saturated carbocycles. The normalized spacial score (nSPS) is 10.2. The van der Waals surface area contributed by atoms with Gasteiger partial charge in [0.05, 0.1) is 4.92 Å². The van der Waals surface area contributed by atoms with Crippen molar-refractivity contribution in [2.24, 2.45) is 0 Å². The molecule has 0 saturated heterocycles. The first kappa shape index (κ1) is 14.4. The second-order valence-corrected chi connectivity index (χ2v) is 4.38. The molecule has 2 aromatic rings. The largest absolute Gasteiger partial charge is 0.465 e. The van der Waals surface area contributed by atoms with E-state index in [1.165, 1.54) is 36.4 Å². The van der Waals surface area contributed by atoms with Crippen LogP contribution in [0.4, 0.5) is 20.6 Å². The molecule has 0 bridgehead atoms. The van der Waals surface area contributed by atoms with Crippen molar-refractivity contribution in [2.75, 3.05) is 5.32 Å². The van der Waals surface area contributed by atoms with E-state index < -0.39 is 16.8 Å². The van der Waals surface area contributed by atoms with Gasteiger partial charge in [-0.15, -0.1) is 0 Å². The van der Waals surface area contributed by atoms with E-state index in [1.54, 1.807) is 6.92 Å². The summed E-state index contributed by atoms with van der Waals surface area (Å²) in [4.78, 5) is 21.1. The summed E-state index contributed by atoms with van der Waals surface area (Å²) in [7, 11) is 0. The molecule has 0 aliphatic rings. The van der Waals surface area contributed by atoms with Crippen LogP contribution in [-0.4, -0.2) is 16.1 Å². The summed E-state index contributed by atoms with van der Waals surface area (Å²) in [6.45, 7) is 1.69. The predicted octanol–water partition coefficient (Wildman–Crippen LogP) is 3.80. The molecule has 0 radical (unpaired) electrons. The highest BCUT2D eigenvalue weighted by Gasteiger charge is 2.19. The average Bonchev–Trinajstić information content (AvgIpc) is 2.39. The van der Waals surface area contributed by atoms with Gasteiger partial charge >= 0.3 is 6.09 Å². The van der Waals surface area contributed by atoms with Crippen LogP contribution in [0.25, 0.3) is 11.1 Å². The highest BCUT2D eigenvalue weighted by atomic mass is 19.1. The number of benzene rings is 2. The summed E-state index contributed by atoms with van der Waals surface area (Å²) in [5, 5.41) is 21.8. The minimum Gasteiger partial charge on any atom is -0.465 e. The van der Waals surface area contributed by atoms with Crippen molar-refractivity contribution in [3.05, 3.63) is 57.9 Å². The number of amides is 1. The Morgan fingerprint density at radius 2 is 1.90 bits per heavy atom. The summed E-state index contributed by atoms with van der Waals surface area (Å²) in [6.07, 6.45) is -1.38. The molecule has 7 heteroatoms. The van der Waals surface area contributed by atoms with Gasteiger partial charge in [-0.2, -0.15) is 0 Å². The molecular formula is C14H11FN2O4. The molecule has 0 atom stereocenters. The molecule has 21 heavy (non-hydrogen) atoms. The van der Waals surface area contributed by atoms with Gasteiger partial charge in [-0.05, 0) is 41.8 Å². The maximum atomic E-state index is 12.9. The van der Waals surface area contributed by atoms with E-state index in [1.807, 2.05) is 5.32 Å². The minimum atomic E-state index is -1.38. The first-order valence-electron chi connectivity index (χ1n) is 5.93. The number of anilines is 1. The van der Waals surface area contributed by atoms with Crippen LogP contribution in [0.1, 0.15) is 5.56 Å². The number of aryl methyl sites for hydroxylation is 1. The molecule has 6 nitrogen and oxygen atoms in total. The Balaban J connectivity index is 2.58. The van der Waals surface area contributed by atoms with E-state index in [-0.39, 0.29) is 11.4 Å². The number of halogens is 1. The van der Waals surface area contributed by atoms with Crippen molar-refractivity contribution in [3.63, 3.8) is 0 Å². The second-order valence-electron chi connectivity index (χ2n) is 4.38. The quantitative estimate of drug-likeness (QED) is 0.664. The Bertz CT molecular complexity index is 714. The minimum absolute atomic E-state index is 0.101. The number of carbonyl (C=O) groups is 1. The van der Waals surface area contributed by atoms with E-state index in [4.69, 9.17) is 5.11 Å². The number of carboxylic acid groups (broad SMARTS) is 1. The van der Waals surface area contributed by atoms with Crippen LogP contribution in [0.3, 0.4) is 0 Å². The van der Waals surface area contributed by atoms with Gasteiger partial charge in [0.25, 0.3) is 5.69 Å². The van der Waals surface area contributed by atoms with Gasteiger partial charge in [-0.3, -0.25) is 15.4 Å². The number of nitrogens with one attached hydrogen (secondary N) is 1. The molecular weight excluding hydrogens is 279 g/mol. The van der Waals surface area contributed by atoms with E-state index in [2.05, 4.69) is 0 Å². The summed E-state index contributed by atoms with van der Waals surface area (Å²) in [5.41, 5.74) is 1.32. The van der Waals surface area contributed by atoms with Gasteiger partial charge in [0.15, 0.2) is 0 Å². The van der Waals surface area contributed by atoms with Crippen LogP contribution >= 0.6 is 0 Å². The number of hydrogen-bond acceptors (Lipinski definition) is 3. The summed E-state index contributed by atoms with van der Waals surface area (Å²) >= 11 is 0. The number of nitro groups is 1. The van der Waals surface area contributed by atoms with Gasteiger partial charge in [0.2, 0.25) is 0 Å². The Morgan fingerprint density at radius 3 is 2.43 bits per heavy atom. The third kappa shape index (κ3) is 3.14. The number of nitro benzene ring substituents is 1. The van der Waals surface area contributed by atoms with E-state index in [9.17, 15) is 19.3 Å². The van der Waals surface area contributed by atoms with Crippen LogP contribution in [0.2, 0.25) is 0 Å². The van der Waals surface area contributed by atoms with Crippen molar-refractivity contribution in [2.45, 2.75) is 6.92 Å². The molecule has 0 aliphatic carbocycles. The monoisotopic (exact) mass is 290 g/mol. The molecule has 2 rings (SSSR count). The standard InChI is InChI=1S/C14H11FN2O4/c1-8-6-12(16-14(18)19)13(17(20)21)7-11(8)9-2-4-10(15)5-3-9/h2-7,16H,1H3,(H,18,19). The lowest BCUT2D eigenvalue weighted by atomic mass is 9.99. The number of rotatable bonds is 3. The first-order chi connectivity index (χ1) is 9.88. The highest BCUT2D eigenvalue weighted by molar-refractivity contribution is 5.88. The molecule has 0 aromatic heterocycles. The molecule has 1 amide bonds. The Labute approximate surface area is 119 Å². The van der Waals surface area contributed by atoms with Crippen LogP contribution in [-0.2, 0) is 0 Å². The van der Waals surface area contributed by atoms with Gasteiger partial charge in [-0.1, -0.05) is 12.1 Å². The molecule has 0 aliphatic heterocycles. The van der Waals surface area contributed by atoms with Crippen molar-refractivity contribution >= 4 is 17.5 Å². The van der Waals surface area contributed by atoms with E-state index in [0.717, 1.165) is 0 Å². The molecule has 0 fully saturated rings. The average molecular weight is 290 g/mol. The van der Waals surface area contributed by atoms with E-state index in [0.29, 0.717) is 16.7 Å². The van der Waals surface area contributed by atoms with Gasteiger partial charge in [0, 0.05) is 6.07 Å². The zero-order valence-corrected chi connectivity index (χ0v) is 11.0. The molecule has 0 spiro atoms. The SMILES string of the molecule is Cc1cc(NC(=O)O)c([N+](=O)[O-])cc1-c1ccc(F)cc1. The third-order valence-electron chi connectivity index (χ3n) is 2.94. The maximum absolute atomic E-state index is 12.9. The Hall–Kier alpha value is -2.96. The molecule has 108 valence electrons. The van der Waals surface area contributed by atoms with Crippen LogP contribution in [0.15, 0.2) is 36.4 Å². The third-order valence-corrected chi connectivity index (χ3v) is 2.94. The number of hydrogen-bond donors (Lipinski definition) is 2. The first-order valence-corrected chi connectivity index (χ1v) is 5.93. The maximum Gasteiger partial charge on any atom is 0.409 e. The molecule has 2 N–H and O–H groups in total. The molecule has 0 unspecified atom stereocenters. The molecule has 0 heterocycles.